The minimum absolute atomic E-state index is 0.109. The van der Waals surface area contributed by atoms with Crippen molar-refractivity contribution in [1.82, 2.24) is 30.0 Å². The number of halogens is 1. The van der Waals surface area contributed by atoms with E-state index in [2.05, 4.69) is 61.2 Å². The van der Waals surface area contributed by atoms with Crippen LogP contribution in [0.4, 0.5) is 0 Å². The third-order valence-electron chi connectivity index (χ3n) is 5.19. The molecule has 3 heterocycles. The number of hydrogen-bond donors (Lipinski definition) is 2. The van der Waals surface area contributed by atoms with Gasteiger partial charge in [0, 0.05) is 29.6 Å². The predicted octanol–water partition coefficient (Wildman–Crippen LogP) is 3.59. The number of carbonyl (C=O) groups is 1. The van der Waals surface area contributed by atoms with Gasteiger partial charge in [-0.05, 0) is 30.4 Å². The second kappa shape index (κ2) is 6.84. The zero-order chi connectivity index (χ0) is 19.3. The van der Waals surface area contributed by atoms with E-state index in [9.17, 15) is 4.79 Å². The highest BCUT2D eigenvalue weighted by Crippen LogP contribution is 2.29. The Morgan fingerprint density at radius 2 is 2.25 bits per heavy atom. The van der Waals surface area contributed by atoms with Crippen molar-refractivity contribution < 1.29 is 4.79 Å². The summed E-state index contributed by atoms with van der Waals surface area (Å²) in [6.45, 7) is 0.725. The molecule has 1 aliphatic carbocycles. The zero-order valence-corrected chi connectivity index (χ0v) is 17.5. The van der Waals surface area contributed by atoms with E-state index < -0.39 is 0 Å². The van der Waals surface area contributed by atoms with Crippen molar-refractivity contribution in [2.24, 2.45) is 13.0 Å². The van der Waals surface area contributed by atoms with E-state index in [1.54, 1.807) is 12.4 Å². The van der Waals surface area contributed by atoms with Crippen LogP contribution in [0, 0.1) is 5.92 Å². The van der Waals surface area contributed by atoms with Crippen LogP contribution in [0.3, 0.4) is 0 Å². The van der Waals surface area contributed by atoms with Gasteiger partial charge in [0.05, 0.1) is 17.3 Å². The number of H-pyrrole nitrogens is 1. The Balaban J connectivity index is 1.57. The number of hydrogen-bond acceptors (Lipinski definition) is 4. The highest BCUT2D eigenvalue weighted by Gasteiger charge is 2.23. The maximum Gasteiger partial charge on any atom is 0.255 e. The van der Waals surface area contributed by atoms with Crippen molar-refractivity contribution >= 4 is 50.6 Å². The Hall–Kier alpha value is -2.49. The van der Waals surface area contributed by atoms with Gasteiger partial charge in [0.2, 0.25) is 0 Å². The van der Waals surface area contributed by atoms with E-state index in [0.717, 1.165) is 27.6 Å². The number of aromatic nitrogens is 5. The first-order chi connectivity index (χ1) is 13.6. The van der Waals surface area contributed by atoms with Crippen molar-refractivity contribution in [3.63, 3.8) is 0 Å². The van der Waals surface area contributed by atoms with E-state index >= 15 is 0 Å². The third-order valence-corrected chi connectivity index (χ3v) is 6.07. The minimum Gasteiger partial charge on any atom is -0.352 e. The number of nitrogens with one attached hydrogen (secondary N) is 2. The monoisotopic (exact) mass is 486 g/mol. The zero-order valence-electron chi connectivity index (χ0n) is 15.4. The Morgan fingerprint density at radius 1 is 1.39 bits per heavy atom. The third kappa shape index (κ3) is 3.05. The summed E-state index contributed by atoms with van der Waals surface area (Å²) in [6.07, 6.45) is 5.78. The largest absolute Gasteiger partial charge is 0.352 e. The van der Waals surface area contributed by atoms with Gasteiger partial charge in [-0.2, -0.15) is 5.10 Å². The summed E-state index contributed by atoms with van der Waals surface area (Å²) in [7, 11) is 1.93. The van der Waals surface area contributed by atoms with Gasteiger partial charge in [-0.15, -0.1) is 0 Å². The van der Waals surface area contributed by atoms with Crippen molar-refractivity contribution in [3.05, 3.63) is 41.7 Å². The fourth-order valence-electron chi connectivity index (χ4n) is 3.41. The molecule has 7 nitrogen and oxygen atoms in total. The van der Waals surface area contributed by atoms with Gasteiger partial charge >= 0.3 is 0 Å². The van der Waals surface area contributed by atoms with Crippen LogP contribution in [0.2, 0.25) is 0 Å². The van der Waals surface area contributed by atoms with Crippen LogP contribution in [0.25, 0.3) is 33.5 Å². The molecule has 0 bridgehead atoms. The standard InChI is InChI=1S/C20H19IN6O/c1-27-16-6-12(7-21)4-5-13(16)17(26-27)15-10-23-19-18(25-15)14(9-22-19)20(28)24-8-11-2-3-11/h4-6,9-11H,2-3,7-8H2,1H3,(H,22,23)(H,24,28). The molecule has 3 aromatic heterocycles. The van der Waals surface area contributed by atoms with Crippen LogP contribution in [-0.2, 0) is 11.5 Å². The predicted molar refractivity (Wildman–Crippen MR) is 116 cm³/mol. The molecular weight excluding hydrogens is 467 g/mol. The molecule has 28 heavy (non-hydrogen) atoms. The summed E-state index contributed by atoms with van der Waals surface area (Å²) in [4.78, 5) is 24.8. The quantitative estimate of drug-likeness (QED) is 0.334. The molecule has 0 spiro atoms. The molecule has 1 amide bonds. The fraction of sp³-hybridized carbons (Fsp3) is 0.300. The Kier molecular flexibility index (Phi) is 4.30. The summed E-state index contributed by atoms with van der Waals surface area (Å²) in [5.41, 5.74) is 5.46. The van der Waals surface area contributed by atoms with Crippen LogP contribution in [0.1, 0.15) is 28.8 Å². The molecule has 1 saturated carbocycles. The van der Waals surface area contributed by atoms with Gasteiger partial charge in [-0.25, -0.2) is 9.97 Å². The summed E-state index contributed by atoms with van der Waals surface area (Å²) in [5, 5.41) is 8.70. The smallest absolute Gasteiger partial charge is 0.255 e. The Labute approximate surface area is 175 Å². The van der Waals surface area contributed by atoms with E-state index in [-0.39, 0.29) is 5.91 Å². The molecule has 2 N–H and O–H groups in total. The van der Waals surface area contributed by atoms with Crippen LogP contribution >= 0.6 is 22.6 Å². The van der Waals surface area contributed by atoms with Gasteiger partial charge in [-0.3, -0.25) is 9.48 Å². The molecule has 1 aliphatic rings. The number of carbonyl (C=O) groups excluding carboxylic acids is 1. The van der Waals surface area contributed by atoms with Crippen molar-refractivity contribution in [3.8, 4) is 11.4 Å². The van der Waals surface area contributed by atoms with Gasteiger partial charge < -0.3 is 10.3 Å². The highest BCUT2D eigenvalue weighted by atomic mass is 127. The van der Waals surface area contributed by atoms with Crippen molar-refractivity contribution in [2.45, 2.75) is 17.3 Å². The van der Waals surface area contributed by atoms with Crippen LogP contribution in [-0.4, -0.2) is 37.2 Å². The molecule has 4 aromatic rings. The molecule has 8 heteroatoms. The average molecular weight is 486 g/mol. The van der Waals surface area contributed by atoms with Gasteiger partial charge in [-0.1, -0.05) is 34.7 Å². The van der Waals surface area contributed by atoms with Gasteiger partial charge in [0.15, 0.2) is 5.65 Å². The maximum atomic E-state index is 12.6. The van der Waals surface area contributed by atoms with Crippen molar-refractivity contribution in [2.75, 3.05) is 6.54 Å². The second-order valence-electron chi connectivity index (χ2n) is 7.27. The van der Waals surface area contributed by atoms with E-state index in [4.69, 9.17) is 4.98 Å². The minimum atomic E-state index is -0.109. The van der Waals surface area contributed by atoms with E-state index in [1.165, 1.54) is 18.4 Å². The van der Waals surface area contributed by atoms with Crippen LogP contribution < -0.4 is 5.32 Å². The molecule has 0 saturated heterocycles. The average Bonchev–Trinajstić information content (AvgIpc) is 3.37. The Bertz CT molecular complexity index is 1210. The van der Waals surface area contributed by atoms with E-state index in [1.807, 2.05) is 11.7 Å². The lowest BCUT2D eigenvalue weighted by atomic mass is 10.1. The second-order valence-corrected chi connectivity index (χ2v) is 8.03. The highest BCUT2D eigenvalue weighted by molar-refractivity contribution is 14.1. The molecule has 0 radical (unpaired) electrons. The van der Waals surface area contributed by atoms with Crippen LogP contribution in [0.15, 0.2) is 30.6 Å². The number of fused-ring (bicyclic) bond motifs is 2. The van der Waals surface area contributed by atoms with Gasteiger partial charge in [0.25, 0.3) is 5.91 Å². The molecule has 0 aliphatic heterocycles. The summed E-state index contributed by atoms with van der Waals surface area (Å²) >= 11 is 2.36. The first-order valence-corrected chi connectivity index (χ1v) is 10.8. The first kappa shape index (κ1) is 17.6. The fourth-order valence-corrected chi connectivity index (χ4v) is 3.88. The van der Waals surface area contributed by atoms with Crippen LogP contribution in [0.5, 0.6) is 0 Å². The summed E-state index contributed by atoms with van der Waals surface area (Å²) in [6, 6.07) is 6.34. The lowest BCUT2D eigenvalue weighted by Gasteiger charge is -2.03. The number of aromatic amines is 1. The molecule has 0 unspecified atom stereocenters. The number of alkyl halides is 1. The number of aryl methyl sites for hydroxylation is 1. The number of rotatable bonds is 5. The van der Waals surface area contributed by atoms with E-state index in [0.29, 0.717) is 28.3 Å². The summed E-state index contributed by atoms with van der Waals surface area (Å²) in [5.74, 6) is 0.519. The molecular formula is C20H19IN6O. The molecule has 0 atom stereocenters. The molecule has 1 fully saturated rings. The topological polar surface area (TPSA) is 88.5 Å². The lowest BCUT2D eigenvalue weighted by molar-refractivity contribution is 0.0953. The Morgan fingerprint density at radius 3 is 3.04 bits per heavy atom. The normalized spacial score (nSPS) is 14.1. The number of benzene rings is 1. The lowest BCUT2D eigenvalue weighted by Crippen LogP contribution is -2.25. The number of amides is 1. The molecule has 1 aromatic carbocycles. The van der Waals surface area contributed by atoms with Gasteiger partial charge in [0.1, 0.15) is 16.9 Å². The SMILES string of the molecule is Cn1nc(-c2cnc3[nH]cc(C(=O)NCC4CC4)c3n2)c2ccc(CI)cc21. The molecule has 5 rings (SSSR count). The number of nitrogens with zero attached hydrogens (tertiary/aromatic N) is 4. The molecule has 142 valence electrons. The van der Waals surface area contributed by atoms with Crippen molar-refractivity contribution in [1.29, 1.82) is 0 Å². The maximum absolute atomic E-state index is 12.6. The first-order valence-electron chi connectivity index (χ1n) is 9.28. The summed E-state index contributed by atoms with van der Waals surface area (Å²) < 4.78 is 2.81.